The van der Waals surface area contributed by atoms with E-state index in [1.54, 1.807) is 0 Å². The normalized spacial score (nSPS) is 14.0. The molecular weight excluding hydrogens is 136 g/mol. The highest BCUT2D eigenvalue weighted by atomic mass is 14.9. The molecular formula is C9H12N2. The van der Waals surface area contributed by atoms with Crippen LogP contribution >= 0.6 is 0 Å². The highest BCUT2D eigenvalue weighted by Crippen LogP contribution is 1.96. The molecule has 0 saturated carbocycles. The third-order valence-corrected chi connectivity index (χ3v) is 1.64. The molecule has 0 saturated heterocycles. The van der Waals surface area contributed by atoms with E-state index in [4.69, 9.17) is 0 Å². The van der Waals surface area contributed by atoms with E-state index in [2.05, 4.69) is 16.7 Å². The number of aromatic nitrogens is 1. The van der Waals surface area contributed by atoms with E-state index in [0.717, 1.165) is 11.2 Å². The van der Waals surface area contributed by atoms with Gasteiger partial charge in [0.15, 0.2) is 0 Å². The van der Waals surface area contributed by atoms with Gasteiger partial charge in [0.2, 0.25) is 0 Å². The van der Waals surface area contributed by atoms with Crippen molar-refractivity contribution in [2.24, 2.45) is 4.99 Å². The van der Waals surface area contributed by atoms with Crippen LogP contribution in [-0.4, -0.2) is 11.7 Å². The highest BCUT2D eigenvalue weighted by Gasteiger charge is 1.89. The summed E-state index contributed by atoms with van der Waals surface area (Å²) < 4.78 is 0. The van der Waals surface area contributed by atoms with Gasteiger partial charge in [-0.25, -0.2) is 4.99 Å². The molecule has 0 aliphatic carbocycles. The number of H-pyrrole nitrogens is 1. The van der Waals surface area contributed by atoms with E-state index in [9.17, 15) is 0 Å². The van der Waals surface area contributed by atoms with Crippen molar-refractivity contribution in [1.29, 1.82) is 0 Å². The minimum absolute atomic E-state index is 0.825. The summed E-state index contributed by atoms with van der Waals surface area (Å²) in [6.45, 7) is 7.44. The van der Waals surface area contributed by atoms with Crippen LogP contribution in [0, 0.1) is 0 Å². The van der Waals surface area contributed by atoms with Crippen LogP contribution in [0.4, 0.5) is 5.82 Å². The first kappa shape index (κ1) is 7.79. The monoisotopic (exact) mass is 148 g/mol. The number of aromatic amines is 1. The maximum Gasteiger partial charge on any atom is 0.130 e. The molecule has 1 aromatic rings. The lowest BCUT2D eigenvalue weighted by Gasteiger charge is -1.77. The smallest absolute Gasteiger partial charge is 0.130 e. The van der Waals surface area contributed by atoms with Gasteiger partial charge in [0.25, 0.3) is 0 Å². The molecule has 0 aliphatic rings. The van der Waals surface area contributed by atoms with Gasteiger partial charge in [0.1, 0.15) is 5.82 Å². The van der Waals surface area contributed by atoms with Crippen molar-refractivity contribution in [3.8, 4) is 0 Å². The van der Waals surface area contributed by atoms with Crippen molar-refractivity contribution in [1.82, 2.24) is 4.98 Å². The van der Waals surface area contributed by atoms with Crippen molar-refractivity contribution < 1.29 is 0 Å². The number of hydrogen-bond acceptors (Lipinski definition) is 1. The lowest BCUT2D eigenvalue weighted by molar-refractivity contribution is 1.28. The molecule has 2 nitrogen and oxygen atoms in total. The Bertz CT molecular complexity index is 326. The molecule has 1 aromatic heterocycles. The Balaban J connectivity index is 3.49. The lowest BCUT2D eigenvalue weighted by atomic mass is 10.4. The van der Waals surface area contributed by atoms with E-state index in [1.807, 2.05) is 32.1 Å². The standard InChI is InChI=1S/C9H12N2/c1-4-7-6-9(10-3)11-8(7)5-2/h4-6,11H,3H2,1-2H3/b7-4-,8-5+. The summed E-state index contributed by atoms with van der Waals surface area (Å²) >= 11 is 0. The van der Waals surface area contributed by atoms with Crippen molar-refractivity contribution in [2.45, 2.75) is 13.8 Å². The number of nitrogens with one attached hydrogen (secondary N) is 1. The summed E-state index contributed by atoms with van der Waals surface area (Å²) in [5.41, 5.74) is 0. The summed E-state index contributed by atoms with van der Waals surface area (Å²) in [5, 5.41) is 2.28. The third kappa shape index (κ3) is 1.40. The largest absolute Gasteiger partial charge is 0.340 e. The van der Waals surface area contributed by atoms with Crippen LogP contribution in [0.3, 0.4) is 0 Å². The van der Waals surface area contributed by atoms with Crippen LogP contribution in [0.5, 0.6) is 0 Å². The zero-order chi connectivity index (χ0) is 8.27. The van der Waals surface area contributed by atoms with E-state index >= 15 is 0 Å². The third-order valence-electron chi connectivity index (χ3n) is 1.64. The summed E-state index contributed by atoms with van der Waals surface area (Å²) in [6.07, 6.45) is 4.06. The predicted octanol–water partition coefficient (Wildman–Crippen LogP) is 0.948. The van der Waals surface area contributed by atoms with Crippen molar-refractivity contribution >= 4 is 24.7 Å². The van der Waals surface area contributed by atoms with Gasteiger partial charge in [0, 0.05) is 5.35 Å². The second-order valence-electron chi connectivity index (χ2n) is 2.26. The molecule has 0 bridgehead atoms. The van der Waals surface area contributed by atoms with Crippen LogP contribution in [0.25, 0.3) is 12.2 Å². The number of aliphatic imine (C=N–C) groups is 1. The summed E-state index contributed by atoms with van der Waals surface area (Å²) in [5.74, 6) is 0.825. The average Bonchev–Trinajstić information content (AvgIpc) is 2.46. The maximum absolute atomic E-state index is 3.80. The average molecular weight is 148 g/mol. The molecule has 0 fully saturated rings. The Morgan fingerprint density at radius 2 is 2.18 bits per heavy atom. The molecule has 2 heteroatoms. The van der Waals surface area contributed by atoms with Gasteiger partial charge >= 0.3 is 0 Å². The van der Waals surface area contributed by atoms with Crippen LogP contribution < -0.4 is 10.6 Å². The fourth-order valence-electron chi connectivity index (χ4n) is 1.03. The highest BCUT2D eigenvalue weighted by molar-refractivity contribution is 5.42. The molecule has 0 aliphatic heterocycles. The molecule has 0 radical (unpaired) electrons. The minimum Gasteiger partial charge on any atom is -0.340 e. The second kappa shape index (κ2) is 3.19. The molecule has 11 heavy (non-hydrogen) atoms. The Hall–Kier alpha value is -1.31. The van der Waals surface area contributed by atoms with E-state index < -0.39 is 0 Å². The molecule has 0 aromatic carbocycles. The first-order chi connectivity index (χ1) is 5.31. The van der Waals surface area contributed by atoms with Gasteiger partial charge in [0.05, 0.1) is 0 Å². The first-order valence-corrected chi connectivity index (χ1v) is 3.60. The topological polar surface area (TPSA) is 28.1 Å². The van der Waals surface area contributed by atoms with Crippen molar-refractivity contribution in [3.63, 3.8) is 0 Å². The SMILES string of the molecule is C=Nc1cc(=C/C)/c(=C\C)[nH]1. The van der Waals surface area contributed by atoms with E-state index in [-0.39, 0.29) is 0 Å². The van der Waals surface area contributed by atoms with Crippen molar-refractivity contribution in [3.05, 3.63) is 16.6 Å². The van der Waals surface area contributed by atoms with Gasteiger partial charge in [-0.2, -0.15) is 0 Å². The summed E-state index contributed by atoms with van der Waals surface area (Å²) in [7, 11) is 0. The van der Waals surface area contributed by atoms with Crippen molar-refractivity contribution in [2.75, 3.05) is 0 Å². The van der Waals surface area contributed by atoms with Crippen LogP contribution in [0.15, 0.2) is 11.1 Å². The number of nitrogens with zero attached hydrogens (tertiary/aromatic N) is 1. The first-order valence-electron chi connectivity index (χ1n) is 3.60. The Morgan fingerprint density at radius 3 is 2.55 bits per heavy atom. The van der Waals surface area contributed by atoms with Gasteiger partial charge in [-0.3, -0.25) is 0 Å². The molecule has 0 spiro atoms. The quantitative estimate of drug-likeness (QED) is 0.574. The van der Waals surface area contributed by atoms with Gasteiger partial charge in [-0.15, -0.1) is 0 Å². The van der Waals surface area contributed by atoms with Crippen LogP contribution in [0.2, 0.25) is 0 Å². The molecule has 0 amide bonds. The zero-order valence-electron chi connectivity index (χ0n) is 6.89. The van der Waals surface area contributed by atoms with E-state index in [0.29, 0.717) is 0 Å². The summed E-state index contributed by atoms with van der Waals surface area (Å²) in [6, 6.07) is 1.97. The fourth-order valence-corrected chi connectivity index (χ4v) is 1.03. The minimum atomic E-state index is 0.825. The lowest BCUT2D eigenvalue weighted by Crippen LogP contribution is -2.20. The zero-order valence-corrected chi connectivity index (χ0v) is 6.89. The second-order valence-corrected chi connectivity index (χ2v) is 2.26. The Kier molecular flexibility index (Phi) is 2.26. The molecule has 0 atom stereocenters. The molecule has 0 unspecified atom stereocenters. The van der Waals surface area contributed by atoms with Crippen LogP contribution in [0.1, 0.15) is 13.8 Å². The summed E-state index contributed by atoms with van der Waals surface area (Å²) in [4.78, 5) is 6.92. The van der Waals surface area contributed by atoms with Crippen LogP contribution in [-0.2, 0) is 0 Å². The Labute approximate surface area is 66.0 Å². The number of rotatable bonds is 1. The molecule has 58 valence electrons. The molecule has 1 rings (SSSR count). The predicted molar refractivity (Wildman–Crippen MR) is 49.5 cm³/mol. The molecule has 1 heterocycles. The Morgan fingerprint density at radius 1 is 1.45 bits per heavy atom. The molecule has 1 N–H and O–H groups in total. The van der Waals surface area contributed by atoms with Gasteiger partial charge < -0.3 is 4.98 Å². The maximum atomic E-state index is 3.80. The fraction of sp³-hybridized carbons (Fsp3) is 0.222. The van der Waals surface area contributed by atoms with Gasteiger partial charge in [-0.05, 0) is 31.9 Å². The number of hydrogen-bond donors (Lipinski definition) is 1. The van der Waals surface area contributed by atoms with Gasteiger partial charge in [-0.1, -0.05) is 12.2 Å². The van der Waals surface area contributed by atoms with E-state index in [1.165, 1.54) is 5.22 Å².